The molecule has 2 aliphatic rings. The Kier molecular flexibility index (Phi) is 7.40. The van der Waals surface area contributed by atoms with Crippen LogP contribution in [0.1, 0.15) is 57.6 Å². The minimum absolute atomic E-state index is 0.00237. The molecule has 1 aromatic rings. The lowest BCUT2D eigenvalue weighted by molar-refractivity contribution is -0.150. The molecule has 6 nitrogen and oxygen atoms in total. The molecule has 0 aliphatic carbocycles. The van der Waals surface area contributed by atoms with Gasteiger partial charge in [-0.15, -0.1) is 0 Å². The van der Waals surface area contributed by atoms with Gasteiger partial charge in [0, 0.05) is 32.1 Å². The van der Waals surface area contributed by atoms with E-state index < -0.39 is 0 Å². The van der Waals surface area contributed by atoms with Crippen LogP contribution >= 0.6 is 0 Å². The first-order chi connectivity index (χ1) is 14.2. The number of benzene rings is 1. The number of carbonyl (C=O) groups excluding carboxylic acids is 2. The number of rotatable bonds is 5. The highest BCUT2D eigenvalue weighted by atomic mass is 16.5. The van der Waals surface area contributed by atoms with Crippen molar-refractivity contribution in [1.82, 2.24) is 9.80 Å². The van der Waals surface area contributed by atoms with E-state index in [9.17, 15) is 9.59 Å². The quantitative estimate of drug-likeness (QED) is 0.738. The van der Waals surface area contributed by atoms with Crippen molar-refractivity contribution in [2.24, 2.45) is 5.92 Å². The summed E-state index contributed by atoms with van der Waals surface area (Å²) >= 11 is 0. The molecule has 166 valence electrons. The van der Waals surface area contributed by atoms with Gasteiger partial charge in [-0.3, -0.25) is 9.59 Å². The zero-order valence-electron chi connectivity index (χ0n) is 19.0. The Labute approximate surface area is 180 Å². The maximum atomic E-state index is 12.9. The van der Waals surface area contributed by atoms with Crippen molar-refractivity contribution in [2.45, 2.75) is 65.6 Å². The van der Waals surface area contributed by atoms with Gasteiger partial charge in [0.05, 0.1) is 12.2 Å². The molecule has 30 heavy (non-hydrogen) atoms. The highest BCUT2D eigenvalue weighted by Crippen LogP contribution is 2.25. The Morgan fingerprint density at radius 2 is 1.73 bits per heavy atom. The summed E-state index contributed by atoms with van der Waals surface area (Å²) in [6.45, 7) is 12.9. The van der Waals surface area contributed by atoms with Gasteiger partial charge in [-0.25, -0.2) is 0 Å². The Hall–Kier alpha value is -2.08. The van der Waals surface area contributed by atoms with E-state index in [1.165, 1.54) is 5.56 Å². The maximum absolute atomic E-state index is 12.9. The van der Waals surface area contributed by atoms with Crippen molar-refractivity contribution >= 4 is 11.8 Å². The molecule has 2 saturated heterocycles. The van der Waals surface area contributed by atoms with Gasteiger partial charge in [-0.2, -0.15) is 0 Å². The van der Waals surface area contributed by atoms with Crippen LogP contribution in [0.2, 0.25) is 0 Å². The Balaban J connectivity index is 1.48. The largest absolute Gasteiger partial charge is 0.483 e. The number of carbonyl (C=O) groups is 2. The van der Waals surface area contributed by atoms with Crippen molar-refractivity contribution in [3.05, 3.63) is 29.3 Å². The van der Waals surface area contributed by atoms with Gasteiger partial charge in [0.2, 0.25) is 5.91 Å². The fourth-order valence-corrected chi connectivity index (χ4v) is 4.35. The molecule has 2 aliphatic heterocycles. The lowest BCUT2D eigenvalue weighted by Gasteiger charge is -2.39. The third-order valence-electron chi connectivity index (χ3n) is 6.16. The molecule has 0 bridgehead atoms. The van der Waals surface area contributed by atoms with Crippen LogP contribution in [0.25, 0.3) is 0 Å². The van der Waals surface area contributed by atoms with E-state index >= 15 is 0 Å². The fourth-order valence-electron chi connectivity index (χ4n) is 4.35. The molecule has 2 amide bonds. The zero-order chi connectivity index (χ0) is 21.8. The predicted octanol–water partition coefficient (Wildman–Crippen LogP) is 3.37. The lowest BCUT2D eigenvalue weighted by atomic mass is 9.94. The molecular formula is C24H36N2O4. The number of likely N-dealkylation sites (tertiary alicyclic amines) is 1. The summed E-state index contributed by atoms with van der Waals surface area (Å²) in [6.07, 6.45) is 1.59. The first kappa shape index (κ1) is 22.6. The predicted molar refractivity (Wildman–Crippen MR) is 117 cm³/mol. The maximum Gasteiger partial charge on any atom is 0.260 e. The summed E-state index contributed by atoms with van der Waals surface area (Å²) in [5, 5.41) is 0. The summed E-state index contributed by atoms with van der Waals surface area (Å²) in [5.74, 6) is 1.38. The number of morpholine rings is 1. The minimum Gasteiger partial charge on any atom is -0.483 e. The van der Waals surface area contributed by atoms with Crippen molar-refractivity contribution in [1.29, 1.82) is 0 Å². The van der Waals surface area contributed by atoms with Crippen molar-refractivity contribution < 1.29 is 19.1 Å². The molecule has 1 aromatic carbocycles. The second kappa shape index (κ2) is 9.82. The Bertz CT molecular complexity index is 746. The average molecular weight is 417 g/mol. The number of piperidine rings is 1. The number of nitrogens with zero attached hydrogens (tertiary/aromatic N) is 2. The average Bonchev–Trinajstić information content (AvgIpc) is 2.71. The van der Waals surface area contributed by atoms with E-state index in [1.54, 1.807) is 0 Å². The van der Waals surface area contributed by atoms with Crippen LogP contribution in [0.15, 0.2) is 18.2 Å². The van der Waals surface area contributed by atoms with Crippen LogP contribution in [0.5, 0.6) is 5.75 Å². The molecule has 0 spiro atoms. The highest BCUT2D eigenvalue weighted by Gasteiger charge is 2.33. The van der Waals surface area contributed by atoms with E-state index in [2.05, 4.69) is 19.9 Å². The molecule has 6 heteroatoms. The van der Waals surface area contributed by atoms with E-state index in [4.69, 9.17) is 9.47 Å². The van der Waals surface area contributed by atoms with E-state index in [1.807, 2.05) is 42.7 Å². The van der Waals surface area contributed by atoms with Crippen molar-refractivity contribution in [3.8, 4) is 5.75 Å². The first-order valence-corrected chi connectivity index (χ1v) is 11.2. The third-order valence-corrected chi connectivity index (χ3v) is 6.16. The van der Waals surface area contributed by atoms with E-state index in [-0.39, 0.29) is 36.5 Å². The first-order valence-electron chi connectivity index (χ1n) is 11.2. The van der Waals surface area contributed by atoms with Gasteiger partial charge in [-0.1, -0.05) is 26.0 Å². The molecule has 2 unspecified atom stereocenters. The monoisotopic (exact) mass is 416 g/mol. The van der Waals surface area contributed by atoms with Crippen molar-refractivity contribution in [3.63, 3.8) is 0 Å². The fraction of sp³-hybridized carbons (Fsp3) is 0.667. The number of ether oxygens (including phenoxy) is 2. The van der Waals surface area contributed by atoms with Gasteiger partial charge in [0.25, 0.3) is 5.91 Å². The van der Waals surface area contributed by atoms with Gasteiger partial charge in [0.1, 0.15) is 5.75 Å². The highest BCUT2D eigenvalue weighted by molar-refractivity contribution is 5.81. The van der Waals surface area contributed by atoms with Gasteiger partial charge >= 0.3 is 0 Å². The summed E-state index contributed by atoms with van der Waals surface area (Å²) in [6, 6.07) is 6.18. The van der Waals surface area contributed by atoms with Crippen LogP contribution in [0, 0.1) is 12.8 Å². The van der Waals surface area contributed by atoms with Crippen molar-refractivity contribution in [2.75, 3.05) is 32.8 Å². The van der Waals surface area contributed by atoms with Gasteiger partial charge < -0.3 is 19.3 Å². The molecular weight excluding hydrogens is 380 g/mol. The van der Waals surface area contributed by atoms with E-state index in [0.717, 1.165) is 11.3 Å². The SMILES string of the molecule is Cc1ccc(C(C)C)cc1OCC(=O)N1CCC(C(=O)N2CC(C)OC(C)C2)CC1. The topological polar surface area (TPSA) is 59.1 Å². The second-order valence-corrected chi connectivity index (χ2v) is 9.12. The Morgan fingerprint density at radius 1 is 1.10 bits per heavy atom. The summed E-state index contributed by atoms with van der Waals surface area (Å²) < 4.78 is 11.6. The number of hydrogen-bond donors (Lipinski definition) is 0. The van der Waals surface area contributed by atoms with Gasteiger partial charge in [-0.05, 0) is 56.7 Å². The molecule has 2 fully saturated rings. The third kappa shape index (κ3) is 5.54. The van der Waals surface area contributed by atoms with Crippen LogP contribution in [0.3, 0.4) is 0 Å². The minimum atomic E-state index is -0.0103. The number of hydrogen-bond acceptors (Lipinski definition) is 4. The van der Waals surface area contributed by atoms with E-state index in [0.29, 0.717) is 44.9 Å². The second-order valence-electron chi connectivity index (χ2n) is 9.12. The number of aryl methyl sites for hydroxylation is 1. The molecule has 0 radical (unpaired) electrons. The Morgan fingerprint density at radius 3 is 2.33 bits per heavy atom. The molecule has 0 N–H and O–H groups in total. The smallest absolute Gasteiger partial charge is 0.260 e. The summed E-state index contributed by atoms with van der Waals surface area (Å²) in [5.41, 5.74) is 2.24. The standard InChI is InChI=1S/C24H36N2O4/c1-16(2)21-7-6-17(3)22(12-21)29-15-23(27)25-10-8-20(9-11-25)24(28)26-13-18(4)30-19(5)14-26/h6-7,12,16,18-20H,8-11,13-15H2,1-5H3. The summed E-state index contributed by atoms with van der Waals surface area (Å²) in [4.78, 5) is 29.3. The molecule has 2 atom stereocenters. The molecule has 2 heterocycles. The van der Waals surface area contributed by atoms with Crippen LogP contribution in [-0.4, -0.2) is 66.6 Å². The lowest BCUT2D eigenvalue weighted by Crippen LogP contribution is -2.52. The molecule has 0 aromatic heterocycles. The number of amides is 2. The molecule has 3 rings (SSSR count). The summed E-state index contributed by atoms with van der Waals surface area (Å²) in [7, 11) is 0. The normalized spacial score (nSPS) is 23.0. The van der Waals surface area contributed by atoms with Gasteiger partial charge in [0.15, 0.2) is 6.61 Å². The van der Waals surface area contributed by atoms with Crippen LogP contribution in [-0.2, 0) is 14.3 Å². The van der Waals surface area contributed by atoms with Crippen LogP contribution in [0.4, 0.5) is 0 Å². The zero-order valence-corrected chi connectivity index (χ0v) is 19.0. The van der Waals surface area contributed by atoms with Crippen LogP contribution < -0.4 is 4.74 Å². The molecule has 0 saturated carbocycles.